The quantitative estimate of drug-likeness (QED) is 0.804. The Hall–Kier alpha value is -1.42. The first-order chi connectivity index (χ1) is 8.40. The first-order valence-electron chi connectivity index (χ1n) is 6.08. The lowest BCUT2D eigenvalue weighted by Gasteiger charge is -2.15. The Balaban J connectivity index is 2.63. The number of amides is 1. The van der Waals surface area contributed by atoms with E-state index in [1.54, 1.807) is 0 Å². The molecule has 3 nitrogen and oxygen atoms in total. The normalized spacial score (nSPS) is 12.2. The van der Waals surface area contributed by atoms with Crippen molar-refractivity contribution in [1.82, 2.24) is 0 Å². The number of anilines is 1. The molecule has 1 aromatic rings. The highest BCUT2D eigenvalue weighted by atomic mass is 32.1. The largest absolute Gasteiger partial charge is 0.393 e. The van der Waals surface area contributed by atoms with Gasteiger partial charge in [-0.05, 0) is 23.6 Å². The number of nitrogens with two attached hydrogens (primary N) is 1. The lowest BCUT2D eigenvalue weighted by atomic mass is 9.97. The smallest absolute Gasteiger partial charge is 0.227 e. The average Bonchev–Trinajstić information content (AvgIpc) is 2.29. The third-order valence-corrected chi connectivity index (χ3v) is 3.16. The first kappa shape index (κ1) is 14.6. The lowest BCUT2D eigenvalue weighted by molar-refractivity contribution is -0.120. The molecule has 1 rings (SSSR count). The Kier molecular flexibility index (Phi) is 5.28. The number of thiocarbonyl (C=S) groups is 1. The summed E-state index contributed by atoms with van der Waals surface area (Å²) in [6, 6.07) is 7.60. The molecule has 98 valence electrons. The summed E-state index contributed by atoms with van der Waals surface area (Å²) in [7, 11) is 0. The summed E-state index contributed by atoms with van der Waals surface area (Å²) < 4.78 is 0. The van der Waals surface area contributed by atoms with E-state index >= 15 is 0 Å². The van der Waals surface area contributed by atoms with Crippen LogP contribution in [0.1, 0.15) is 26.3 Å². The molecule has 0 aromatic heterocycles. The zero-order valence-electron chi connectivity index (χ0n) is 11.1. The molecule has 0 spiro atoms. The van der Waals surface area contributed by atoms with Gasteiger partial charge in [0, 0.05) is 18.0 Å². The Morgan fingerprint density at radius 2 is 1.83 bits per heavy atom. The van der Waals surface area contributed by atoms with Gasteiger partial charge >= 0.3 is 0 Å². The van der Waals surface area contributed by atoms with Crippen molar-refractivity contribution in [3.05, 3.63) is 29.8 Å². The molecule has 0 saturated heterocycles. The van der Waals surface area contributed by atoms with Crippen molar-refractivity contribution >= 4 is 28.8 Å². The minimum Gasteiger partial charge on any atom is -0.393 e. The molecule has 0 aliphatic carbocycles. The van der Waals surface area contributed by atoms with Crippen LogP contribution in [0.3, 0.4) is 0 Å². The molecule has 0 saturated carbocycles. The van der Waals surface area contributed by atoms with Crippen LogP contribution in [0.25, 0.3) is 0 Å². The van der Waals surface area contributed by atoms with Gasteiger partial charge in [0.2, 0.25) is 5.91 Å². The van der Waals surface area contributed by atoms with E-state index in [0.717, 1.165) is 11.3 Å². The predicted octanol–water partition coefficient (Wildman–Crippen LogP) is 2.75. The molecule has 18 heavy (non-hydrogen) atoms. The van der Waals surface area contributed by atoms with E-state index in [9.17, 15) is 4.79 Å². The minimum absolute atomic E-state index is 0.00120. The summed E-state index contributed by atoms with van der Waals surface area (Å²) in [6.07, 6.45) is 0.589. The molecule has 4 heteroatoms. The number of hydrogen-bond acceptors (Lipinski definition) is 2. The summed E-state index contributed by atoms with van der Waals surface area (Å²) in [5.41, 5.74) is 7.34. The zero-order chi connectivity index (χ0) is 13.7. The van der Waals surface area contributed by atoms with Gasteiger partial charge in [0.1, 0.15) is 0 Å². The molecule has 0 heterocycles. The fourth-order valence-corrected chi connectivity index (χ4v) is 1.63. The molecule has 1 atom stereocenters. The van der Waals surface area contributed by atoms with Crippen LogP contribution in [0.15, 0.2) is 24.3 Å². The predicted molar refractivity (Wildman–Crippen MR) is 79.6 cm³/mol. The number of benzene rings is 1. The summed E-state index contributed by atoms with van der Waals surface area (Å²) in [5.74, 6) is 0.382. The maximum absolute atomic E-state index is 11.9. The molecule has 3 N–H and O–H groups in total. The van der Waals surface area contributed by atoms with Gasteiger partial charge in [-0.15, -0.1) is 0 Å². The van der Waals surface area contributed by atoms with Gasteiger partial charge in [-0.3, -0.25) is 4.79 Å². The Labute approximate surface area is 114 Å². The van der Waals surface area contributed by atoms with E-state index in [1.165, 1.54) is 0 Å². The van der Waals surface area contributed by atoms with E-state index in [2.05, 4.69) is 5.32 Å². The Bertz CT molecular complexity index is 426. The van der Waals surface area contributed by atoms with Gasteiger partial charge < -0.3 is 11.1 Å². The van der Waals surface area contributed by atoms with Crippen molar-refractivity contribution in [2.75, 3.05) is 5.32 Å². The second-order valence-corrected chi connectivity index (χ2v) is 5.39. The summed E-state index contributed by atoms with van der Waals surface area (Å²) in [6.45, 7) is 6.01. The Morgan fingerprint density at radius 3 is 2.28 bits per heavy atom. The zero-order valence-corrected chi connectivity index (χ0v) is 11.9. The van der Waals surface area contributed by atoms with Gasteiger partial charge in [0.15, 0.2) is 0 Å². The lowest BCUT2D eigenvalue weighted by Crippen LogP contribution is -2.24. The molecule has 1 aromatic carbocycles. The van der Waals surface area contributed by atoms with Crippen LogP contribution in [0.5, 0.6) is 0 Å². The minimum atomic E-state index is 0.00120. The molecule has 0 aliphatic rings. The highest BCUT2D eigenvalue weighted by molar-refractivity contribution is 7.80. The average molecular weight is 264 g/mol. The van der Waals surface area contributed by atoms with Gasteiger partial charge in [-0.2, -0.15) is 0 Å². The van der Waals surface area contributed by atoms with Crippen molar-refractivity contribution in [1.29, 1.82) is 0 Å². The number of hydrogen-bond donors (Lipinski definition) is 2. The van der Waals surface area contributed by atoms with E-state index < -0.39 is 0 Å². The van der Waals surface area contributed by atoms with Crippen LogP contribution in [-0.2, 0) is 11.2 Å². The maximum atomic E-state index is 11.9. The number of carbonyl (C=O) groups excluding carboxylic acids is 1. The monoisotopic (exact) mass is 264 g/mol. The fraction of sp³-hybridized carbons (Fsp3) is 0.429. The number of nitrogens with one attached hydrogen (secondary N) is 1. The summed E-state index contributed by atoms with van der Waals surface area (Å²) in [5, 5.41) is 2.90. The van der Waals surface area contributed by atoms with Crippen LogP contribution in [-0.4, -0.2) is 10.9 Å². The van der Waals surface area contributed by atoms with Crippen molar-refractivity contribution < 1.29 is 4.79 Å². The molecule has 1 amide bonds. The van der Waals surface area contributed by atoms with Crippen LogP contribution < -0.4 is 11.1 Å². The summed E-state index contributed by atoms with van der Waals surface area (Å²) >= 11 is 4.85. The molecule has 0 aliphatic heterocycles. The van der Waals surface area contributed by atoms with Crippen LogP contribution in [0.2, 0.25) is 0 Å². The van der Waals surface area contributed by atoms with Crippen LogP contribution >= 0.6 is 12.2 Å². The second kappa shape index (κ2) is 6.50. The van der Waals surface area contributed by atoms with Crippen molar-refractivity contribution in [3.63, 3.8) is 0 Å². The van der Waals surface area contributed by atoms with Crippen molar-refractivity contribution in [3.8, 4) is 0 Å². The van der Waals surface area contributed by atoms with E-state index in [4.69, 9.17) is 18.0 Å². The SMILES string of the molecule is CC(C)C(C)C(=O)Nc1ccc(CC(N)=S)cc1. The molecule has 1 unspecified atom stereocenters. The van der Waals surface area contributed by atoms with Gasteiger partial charge in [-0.25, -0.2) is 0 Å². The Morgan fingerprint density at radius 1 is 1.28 bits per heavy atom. The third-order valence-electron chi connectivity index (χ3n) is 3.01. The van der Waals surface area contributed by atoms with E-state index in [-0.39, 0.29) is 11.8 Å². The van der Waals surface area contributed by atoms with Crippen molar-refractivity contribution in [2.45, 2.75) is 27.2 Å². The molecule has 0 radical (unpaired) electrons. The highest BCUT2D eigenvalue weighted by Crippen LogP contribution is 2.15. The number of carbonyl (C=O) groups is 1. The molecular formula is C14H20N2OS. The number of rotatable bonds is 5. The van der Waals surface area contributed by atoms with Gasteiger partial charge in [0.25, 0.3) is 0 Å². The highest BCUT2D eigenvalue weighted by Gasteiger charge is 2.16. The third kappa shape index (κ3) is 4.45. The molecule has 0 fully saturated rings. The molecule has 0 bridgehead atoms. The second-order valence-electron chi connectivity index (χ2n) is 4.86. The van der Waals surface area contributed by atoms with Crippen molar-refractivity contribution in [2.24, 2.45) is 17.6 Å². The van der Waals surface area contributed by atoms with Crippen LogP contribution in [0.4, 0.5) is 5.69 Å². The maximum Gasteiger partial charge on any atom is 0.227 e. The fourth-order valence-electron chi connectivity index (χ4n) is 1.47. The van der Waals surface area contributed by atoms with Gasteiger partial charge in [-0.1, -0.05) is 45.1 Å². The summed E-state index contributed by atoms with van der Waals surface area (Å²) in [4.78, 5) is 12.3. The van der Waals surface area contributed by atoms with Crippen LogP contribution in [0, 0.1) is 11.8 Å². The molecular weight excluding hydrogens is 244 g/mol. The van der Waals surface area contributed by atoms with E-state index in [0.29, 0.717) is 17.3 Å². The topological polar surface area (TPSA) is 55.1 Å². The standard InChI is InChI=1S/C14H20N2OS/c1-9(2)10(3)14(17)16-12-6-4-11(5-7-12)8-13(15)18/h4-7,9-10H,8H2,1-3H3,(H2,15,18)(H,16,17). The van der Waals surface area contributed by atoms with Gasteiger partial charge in [0.05, 0.1) is 4.99 Å². The van der Waals surface area contributed by atoms with E-state index in [1.807, 2.05) is 45.0 Å². The first-order valence-corrected chi connectivity index (χ1v) is 6.49.